The minimum Gasteiger partial charge on any atom is -0.348 e. The summed E-state index contributed by atoms with van der Waals surface area (Å²) >= 11 is 0. The van der Waals surface area contributed by atoms with Crippen molar-refractivity contribution in [3.8, 4) is 0 Å². The third-order valence-electron chi connectivity index (χ3n) is 6.43. The number of H-pyrrole nitrogens is 1. The van der Waals surface area contributed by atoms with Crippen LogP contribution in [0.2, 0.25) is 0 Å². The van der Waals surface area contributed by atoms with Gasteiger partial charge >= 0.3 is 6.18 Å². The second-order valence-electron chi connectivity index (χ2n) is 8.41. The number of hydrogen-bond acceptors (Lipinski definition) is 4. The zero-order valence-electron chi connectivity index (χ0n) is 17.5. The van der Waals surface area contributed by atoms with Crippen LogP contribution < -0.4 is 10.9 Å². The van der Waals surface area contributed by atoms with Gasteiger partial charge in [-0.2, -0.15) is 18.3 Å². The summed E-state index contributed by atoms with van der Waals surface area (Å²) < 4.78 is 38.0. The van der Waals surface area contributed by atoms with Crippen LogP contribution >= 0.6 is 0 Å². The highest BCUT2D eigenvalue weighted by atomic mass is 19.4. The van der Waals surface area contributed by atoms with E-state index in [1.807, 2.05) is 18.2 Å². The first-order valence-corrected chi connectivity index (χ1v) is 10.5. The van der Waals surface area contributed by atoms with Crippen LogP contribution in [0.15, 0.2) is 47.4 Å². The van der Waals surface area contributed by atoms with Gasteiger partial charge in [-0.1, -0.05) is 31.5 Å². The summed E-state index contributed by atoms with van der Waals surface area (Å²) in [6.07, 6.45) is 0.230. The Morgan fingerprint density at radius 1 is 1.19 bits per heavy atom. The molecule has 1 saturated carbocycles. The van der Waals surface area contributed by atoms with E-state index in [0.29, 0.717) is 18.0 Å². The van der Waals surface area contributed by atoms with Crippen molar-refractivity contribution in [2.24, 2.45) is 5.41 Å². The van der Waals surface area contributed by atoms with Gasteiger partial charge in [-0.25, -0.2) is 5.10 Å². The number of aromatic nitrogens is 3. The molecule has 168 valence electrons. The molecule has 1 fully saturated rings. The molecule has 2 N–H and O–H groups in total. The van der Waals surface area contributed by atoms with E-state index in [1.165, 1.54) is 0 Å². The Kier molecular flexibility index (Phi) is 5.75. The van der Waals surface area contributed by atoms with Crippen molar-refractivity contribution in [3.63, 3.8) is 0 Å². The molecule has 1 amide bonds. The van der Waals surface area contributed by atoms with Gasteiger partial charge in [0.25, 0.3) is 11.5 Å². The minimum atomic E-state index is -4.48. The van der Waals surface area contributed by atoms with Crippen molar-refractivity contribution in [1.29, 1.82) is 0 Å². The topological polar surface area (TPSA) is 87.7 Å². The van der Waals surface area contributed by atoms with Crippen LogP contribution in [0.5, 0.6) is 0 Å². The van der Waals surface area contributed by atoms with Gasteiger partial charge < -0.3 is 5.32 Å². The highest BCUT2D eigenvalue weighted by Gasteiger charge is 2.43. The summed E-state index contributed by atoms with van der Waals surface area (Å²) in [5.74, 6) is -0.471. The predicted molar refractivity (Wildman–Crippen MR) is 113 cm³/mol. The molecule has 4 rings (SSSR count). The molecule has 0 atom stereocenters. The molecule has 1 aliphatic carbocycles. The number of fused-ring (bicyclic) bond motifs is 1. The van der Waals surface area contributed by atoms with E-state index in [1.54, 1.807) is 6.07 Å². The predicted octanol–water partition coefficient (Wildman–Crippen LogP) is 4.26. The highest BCUT2D eigenvalue weighted by Crippen LogP contribution is 2.47. The van der Waals surface area contributed by atoms with Crippen LogP contribution in [-0.2, 0) is 12.6 Å². The first-order valence-electron chi connectivity index (χ1n) is 10.5. The monoisotopic (exact) mass is 444 g/mol. The Hall–Kier alpha value is -3.23. The van der Waals surface area contributed by atoms with E-state index in [-0.39, 0.29) is 22.7 Å². The molecule has 2 aromatic heterocycles. The average molecular weight is 444 g/mol. The van der Waals surface area contributed by atoms with Crippen molar-refractivity contribution < 1.29 is 18.0 Å². The summed E-state index contributed by atoms with van der Waals surface area (Å²) in [5, 5.41) is 11.1. The molecule has 0 bridgehead atoms. The fourth-order valence-electron chi connectivity index (χ4n) is 4.46. The molecular formula is C23H23F3N4O2. The number of carbonyl (C=O) groups excluding carboxylic acids is 1. The second kappa shape index (κ2) is 8.37. The molecule has 1 aliphatic rings. The molecule has 0 saturated heterocycles. The fourth-order valence-corrected chi connectivity index (χ4v) is 4.46. The molecule has 0 radical (unpaired) electrons. The number of nitrogens with zero attached hydrogens (tertiary/aromatic N) is 2. The number of halogens is 3. The number of amides is 1. The minimum absolute atomic E-state index is 0.0316. The maximum Gasteiger partial charge on any atom is 0.417 e. The number of pyridine rings is 1. The zero-order valence-corrected chi connectivity index (χ0v) is 17.5. The Labute approximate surface area is 182 Å². The van der Waals surface area contributed by atoms with Crippen LogP contribution in [0.25, 0.3) is 10.8 Å². The second-order valence-corrected chi connectivity index (χ2v) is 8.41. The standard InChI is InChI=1S/C23H23F3N4O2/c1-2-22(10-9-18-16-5-3-4-6-17(16)20(31)30-29-18)11-15(12-22)28-21(32)19-8-7-14(13-27-19)23(24,25)26/h3-8,13,15H,2,9-12H2,1H3,(H,28,32)(H,30,31)/t15-,22-. The normalized spacial score (nSPS) is 20.7. The summed E-state index contributed by atoms with van der Waals surface area (Å²) in [6.45, 7) is 2.11. The van der Waals surface area contributed by atoms with Gasteiger partial charge in [0, 0.05) is 17.6 Å². The lowest BCUT2D eigenvalue weighted by atomic mass is 9.61. The van der Waals surface area contributed by atoms with E-state index >= 15 is 0 Å². The quantitative estimate of drug-likeness (QED) is 0.595. The van der Waals surface area contributed by atoms with E-state index in [9.17, 15) is 22.8 Å². The van der Waals surface area contributed by atoms with Crippen LogP contribution in [0.1, 0.15) is 54.4 Å². The first-order chi connectivity index (χ1) is 15.2. The third kappa shape index (κ3) is 4.37. The molecular weight excluding hydrogens is 421 g/mol. The third-order valence-corrected chi connectivity index (χ3v) is 6.43. The number of rotatable bonds is 6. The molecule has 0 spiro atoms. The maximum atomic E-state index is 12.7. The number of hydrogen-bond donors (Lipinski definition) is 2. The molecule has 6 nitrogen and oxygen atoms in total. The lowest BCUT2D eigenvalue weighted by Gasteiger charge is -2.48. The summed E-state index contributed by atoms with van der Waals surface area (Å²) in [7, 11) is 0. The first kappa shape index (κ1) is 22.0. The van der Waals surface area contributed by atoms with Gasteiger partial charge in [-0.05, 0) is 49.3 Å². The van der Waals surface area contributed by atoms with Crippen molar-refractivity contribution in [3.05, 3.63) is 69.9 Å². The van der Waals surface area contributed by atoms with Crippen molar-refractivity contribution in [1.82, 2.24) is 20.5 Å². The Morgan fingerprint density at radius 3 is 2.53 bits per heavy atom. The molecule has 2 heterocycles. The summed E-state index contributed by atoms with van der Waals surface area (Å²) in [5.41, 5.74) is -0.237. The van der Waals surface area contributed by atoms with Crippen molar-refractivity contribution in [2.45, 2.75) is 51.2 Å². The Morgan fingerprint density at radius 2 is 1.91 bits per heavy atom. The number of alkyl halides is 3. The van der Waals surface area contributed by atoms with Gasteiger partial charge in [0.15, 0.2) is 0 Å². The van der Waals surface area contributed by atoms with Crippen molar-refractivity contribution in [2.75, 3.05) is 0 Å². The summed E-state index contributed by atoms with van der Waals surface area (Å²) in [6, 6.07) is 9.28. The number of aryl methyl sites for hydroxylation is 1. The van der Waals surface area contributed by atoms with Crippen molar-refractivity contribution >= 4 is 16.7 Å². The molecule has 32 heavy (non-hydrogen) atoms. The lowest BCUT2D eigenvalue weighted by molar-refractivity contribution is -0.137. The Balaban J connectivity index is 1.36. The maximum absolute atomic E-state index is 12.7. The van der Waals surface area contributed by atoms with Gasteiger partial charge in [-0.3, -0.25) is 14.6 Å². The lowest BCUT2D eigenvalue weighted by Crippen LogP contribution is -2.51. The van der Waals surface area contributed by atoms with Gasteiger partial charge in [-0.15, -0.1) is 0 Å². The van der Waals surface area contributed by atoms with E-state index in [0.717, 1.165) is 48.9 Å². The average Bonchev–Trinajstić information content (AvgIpc) is 2.76. The SMILES string of the molecule is CC[C@]1(CCc2n[nH]c(=O)c3ccccc23)C[C@H](NC(=O)c2ccc(C(F)(F)F)cn2)C1. The molecule has 1 aromatic carbocycles. The van der Waals surface area contributed by atoms with Gasteiger partial charge in [0.1, 0.15) is 5.69 Å². The number of benzene rings is 1. The summed E-state index contributed by atoms with van der Waals surface area (Å²) in [4.78, 5) is 28.0. The largest absolute Gasteiger partial charge is 0.417 e. The molecule has 0 unspecified atom stereocenters. The van der Waals surface area contributed by atoms with Crippen LogP contribution in [0.3, 0.4) is 0 Å². The van der Waals surface area contributed by atoms with Crippen LogP contribution in [0, 0.1) is 5.41 Å². The fraction of sp³-hybridized carbons (Fsp3) is 0.391. The molecule has 9 heteroatoms. The molecule has 0 aliphatic heterocycles. The van der Waals surface area contributed by atoms with Gasteiger partial charge in [0.05, 0.1) is 16.6 Å². The highest BCUT2D eigenvalue weighted by molar-refractivity contribution is 5.92. The number of aromatic amines is 1. The number of nitrogens with one attached hydrogen (secondary N) is 2. The van der Waals surface area contributed by atoms with E-state index < -0.39 is 17.6 Å². The van der Waals surface area contributed by atoms with E-state index in [2.05, 4.69) is 27.4 Å². The zero-order chi connectivity index (χ0) is 22.9. The smallest absolute Gasteiger partial charge is 0.348 e. The Bertz CT molecular complexity index is 1180. The number of carbonyl (C=O) groups is 1. The van der Waals surface area contributed by atoms with E-state index in [4.69, 9.17) is 0 Å². The van der Waals surface area contributed by atoms with Crippen LogP contribution in [-0.4, -0.2) is 27.1 Å². The van der Waals surface area contributed by atoms with Gasteiger partial charge in [0.2, 0.25) is 0 Å². The molecule has 3 aromatic rings. The van der Waals surface area contributed by atoms with Crippen LogP contribution in [0.4, 0.5) is 13.2 Å².